The second kappa shape index (κ2) is 6.88. The van der Waals surface area contributed by atoms with Gasteiger partial charge in [-0.1, -0.05) is 6.07 Å². The van der Waals surface area contributed by atoms with Crippen LogP contribution in [0, 0.1) is 5.92 Å². The number of thiophene rings is 1. The molecule has 128 valence electrons. The summed E-state index contributed by atoms with van der Waals surface area (Å²) in [7, 11) is -1.40. The predicted octanol–water partition coefficient (Wildman–Crippen LogP) is 0.923. The molecule has 23 heavy (non-hydrogen) atoms. The number of amides is 1. The summed E-state index contributed by atoms with van der Waals surface area (Å²) in [5.41, 5.74) is 0. The minimum absolute atomic E-state index is 0.115. The molecule has 2 saturated heterocycles. The molecule has 1 aromatic rings. The SMILES string of the molecule is CN1CCN(C(=O)C2CCCN(S(=O)(=O)c3cccs3)C2)CC1. The number of hydrogen-bond donors (Lipinski definition) is 0. The van der Waals surface area contributed by atoms with Crippen molar-refractivity contribution in [2.75, 3.05) is 46.3 Å². The molecule has 6 nitrogen and oxygen atoms in total. The summed E-state index contributed by atoms with van der Waals surface area (Å²) in [5.74, 6) is -0.0916. The van der Waals surface area contributed by atoms with Crippen LogP contribution in [-0.4, -0.2) is 74.7 Å². The van der Waals surface area contributed by atoms with Crippen molar-refractivity contribution in [3.8, 4) is 0 Å². The Balaban J connectivity index is 1.67. The number of piperazine rings is 1. The van der Waals surface area contributed by atoms with E-state index < -0.39 is 10.0 Å². The van der Waals surface area contributed by atoms with Crippen LogP contribution in [0.1, 0.15) is 12.8 Å². The van der Waals surface area contributed by atoms with Crippen LogP contribution in [0.15, 0.2) is 21.7 Å². The Morgan fingerprint density at radius 2 is 1.96 bits per heavy atom. The highest BCUT2D eigenvalue weighted by Gasteiger charge is 2.35. The van der Waals surface area contributed by atoms with E-state index in [4.69, 9.17) is 0 Å². The van der Waals surface area contributed by atoms with Crippen LogP contribution in [0.3, 0.4) is 0 Å². The fourth-order valence-electron chi connectivity index (χ4n) is 3.18. The number of carbonyl (C=O) groups excluding carboxylic acids is 1. The van der Waals surface area contributed by atoms with Gasteiger partial charge in [0.1, 0.15) is 4.21 Å². The van der Waals surface area contributed by atoms with Gasteiger partial charge in [0, 0.05) is 39.3 Å². The Hall–Kier alpha value is -0.960. The summed E-state index contributed by atoms with van der Waals surface area (Å²) in [4.78, 5) is 16.8. The molecule has 1 amide bonds. The Morgan fingerprint density at radius 1 is 1.22 bits per heavy atom. The molecule has 0 radical (unpaired) electrons. The lowest BCUT2D eigenvalue weighted by Gasteiger charge is -2.37. The van der Waals surface area contributed by atoms with Crippen molar-refractivity contribution in [2.24, 2.45) is 5.92 Å². The van der Waals surface area contributed by atoms with E-state index in [2.05, 4.69) is 11.9 Å². The first-order valence-electron chi connectivity index (χ1n) is 7.99. The van der Waals surface area contributed by atoms with Gasteiger partial charge in [0.05, 0.1) is 5.92 Å². The maximum Gasteiger partial charge on any atom is 0.252 e. The second-order valence-corrected chi connectivity index (χ2v) is 9.38. The van der Waals surface area contributed by atoms with Crippen LogP contribution in [0.2, 0.25) is 0 Å². The molecule has 0 aromatic carbocycles. The molecule has 0 bridgehead atoms. The van der Waals surface area contributed by atoms with Crippen LogP contribution < -0.4 is 0 Å². The molecule has 1 aromatic heterocycles. The van der Waals surface area contributed by atoms with Gasteiger partial charge < -0.3 is 9.80 Å². The van der Waals surface area contributed by atoms with Crippen LogP contribution in [0.5, 0.6) is 0 Å². The lowest BCUT2D eigenvalue weighted by Crippen LogP contribution is -2.52. The van der Waals surface area contributed by atoms with Gasteiger partial charge in [0.25, 0.3) is 10.0 Å². The van der Waals surface area contributed by atoms with Crippen molar-refractivity contribution in [1.82, 2.24) is 14.1 Å². The molecule has 8 heteroatoms. The summed E-state index contributed by atoms with van der Waals surface area (Å²) in [6.45, 7) is 4.07. The molecule has 3 heterocycles. The van der Waals surface area contributed by atoms with E-state index in [-0.39, 0.29) is 11.8 Å². The molecular weight excluding hydrogens is 334 g/mol. The molecule has 1 unspecified atom stereocenters. The van der Waals surface area contributed by atoms with E-state index in [9.17, 15) is 13.2 Å². The lowest BCUT2D eigenvalue weighted by molar-refractivity contribution is -0.138. The van der Waals surface area contributed by atoms with Gasteiger partial charge in [-0.2, -0.15) is 4.31 Å². The highest BCUT2D eigenvalue weighted by Crippen LogP contribution is 2.27. The largest absolute Gasteiger partial charge is 0.340 e. The van der Waals surface area contributed by atoms with E-state index in [1.807, 2.05) is 4.90 Å². The smallest absolute Gasteiger partial charge is 0.252 e. The predicted molar refractivity (Wildman–Crippen MR) is 89.9 cm³/mol. The van der Waals surface area contributed by atoms with Crippen molar-refractivity contribution < 1.29 is 13.2 Å². The number of carbonyl (C=O) groups is 1. The van der Waals surface area contributed by atoms with Gasteiger partial charge >= 0.3 is 0 Å². The highest BCUT2D eigenvalue weighted by molar-refractivity contribution is 7.91. The zero-order chi connectivity index (χ0) is 16.4. The lowest BCUT2D eigenvalue weighted by atomic mass is 9.98. The van der Waals surface area contributed by atoms with E-state index in [0.717, 1.165) is 39.0 Å². The molecular formula is C15H23N3O3S2. The van der Waals surface area contributed by atoms with Crippen molar-refractivity contribution in [3.05, 3.63) is 17.5 Å². The highest BCUT2D eigenvalue weighted by atomic mass is 32.2. The monoisotopic (exact) mass is 357 g/mol. The number of piperidine rings is 1. The standard InChI is InChI=1S/C15H23N3O3S2/c1-16-7-9-17(10-8-16)15(19)13-4-2-6-18(12-13)23(20,21)14-5-3-11-22-14/h3,5,11,13H,2,4,6-10,12H2,1H3. The average Bonchev–Trinajstić information content (AvgIpc) is 3.10. The molecule has 2 aliphatic heterocycles. The zero-order valence-electron chi connectivity index (χ0n) is 13.3. The number of nitrogens with zero attached hydrogens (tertiary/aromatic N) is 3. The summed E-state index contributed by atoms with van der Waals surface area (Å²) in [6, 6.07) is 3.38. The first-order chi connectivity index (χ1) is 11.0. The molecule has 0 spiro atoms. The maximum absolute atomic E-state index is 12.7. The van der Waals surface area contributed by atoms with Gasteiger partial charge in [-0.25, -0.2) is 8.42 Å². The fraction of sp³-hybridized carbons (Fsp3) is 0.667. The van der Waals surface area contributed by atoms with Gasteiger partial charge in [-0.15, -0.1) is 11.3 Å². The van der Waals surface area contributed by atoms with Gasteiger partial charge in [0.15, 0.2) is 0 Å². The summed E-state index contributed by atoms with van der Waals surface area (Å²) < 4.78 is 27.1. The van der Waals surface area contributed by atoms with E-state index in [0.29, 0.717) is 17.3 Å². The summed E-state index contributed by atoms with van der Waals surface area (Å²) >= 11 is 1.23. The molecule has 0 aliphatic carbocycles. The Morgan fingerprint density at radius 3 is 2.61 bits per heavy atom. The number of hydrogen-bond acceptors (Lipinski definition) is 5. The maximum atomic E-state index is 12.7. The van der Waals surface area contributed by atoms with Crippen LogP contribution >= 0.6 is 11.3 Å². The topological polar surface area (TPSA) is 60.9 Å². The Bertz CT molecular complexity index is 637. The van der Waals surface area contributed by atoms with E-state index in [1.165, 1.54) is 15.6 Å². The fourth-order valence-corrected chi connectivity index (χ4v) is 5.85. The minimum Gasteiger partial charge on any atom is -0.340 e. The van der Waals surface area contributed by atoms with Crippen LogP contribution in [-0.2, 0) is 14.8 Å². The zero-order valence-corrected chi connectivity index (χ0v) is 15.0. The molecule has 0 saturated carbocycles. The van der Waals surface area contributed by atoms with Gasteiger partial charge in [-0.05, 0) is 31.3 Å². The van der Waals surface area contributed by atoms with Crippen LogP contribution in [0.4, 0.5) is 0 Å². The first-order valence-corrected chi connectivity index (χ1v) is 10.3. The second-order valence-electron chi connectivity index (χ2n) is 6.26. The third-order valence-electron chi connectivity index (χ3n) is 4.64. The number of sulfonamides is 1. The number of likely N-dealkylation sites (N-methyl/N-ethyl adjacent to an activating group) is 1. The molecule has 3 rings (SSSR count). The number of rotatable bonds is 3. The molecule has 2 fully saturated rings. The third kappa shape index (κ3) is 3.60. The molecule has 0 N–H and O–H groups in total. The Labute approximate surface area is 141 Å². The minimum atomic E-state index is -3.45. The Kier molecular flexibility index (Phi) is 5.05. The first kappa shape index (κ1) is 16.9. The van der Waals surface area contributed by atoms with Crippen molar-refractivity contribution in [1.29, 1.82) is 0 Å². The third-order valence-corrected chi connectivity index (χ3v) is 7.88. The van der Waals surface area contributed by atoms with E-state index >= 15 is 0 Å². The summed E-state index contributed by atoms with van der Waals surface area (Å²) in [6.07, 6.45) is 1.52. The quantitative estimate of drug-likeness (QED) is 0.807. The van der Waals surface area contributed by atoms with Gasteiger partial charge in [0.2, 0.25) is 5.91 Å². The molecule has 2 aliphatic rings. The van der Waals surface area contributed by atoms with Crippen molar-refractivity contribution in [2.45, 2.75) is 17.1 Å². The van der Waals surface area contributed by atoms with Crippen LogP contribution in [0.25, 0.3) is 0 Å². The van der Waals surface area contributed by atoms with Crippen molar-refractivity contribution in [3.63, 3.8) is 0 Å². The molecule has 1 atom stereocenters. The normalized spacial score (nSPS) is 24.7. The van der Waals surface area contributed by atoms with Gasteiger partial charge in [-0.3, -0.25) is 4.79 Å². The average molecular weight is 358 g/mol. The summed E-state index contributed by atoms with van der Waals surface area (Å²) in [5, 5.41) is 1.77. The van der Waals surface area contributed by atoms with Crippen molar-refractivity contribution >= 4 is 27.3 Å². The van der Waals surface area contributed by atoms with E-state index in [1.54, 1.807) is 17.5 Å².